The average molecular weight is 330 g/mol. The van der Waals surface area contributed by atoms with Crippen LogP contribution >= 0.6 is 11.8 Å². The van der Waals surface area contributed by atoms with E-state index in [-0.39, 0.29) is 11.9 Å². The number of rotatable bonds is 5. The lowest BCUT2D eigenvalue weighted by Crippen LogP contribution is -2.32. The molecule has 0 saturated carbocycles. The molecule has 122 valence electrons. The molecule has 1 atom stereocenters. The van der Waals surface area contributed by atoms with E-state index < -0.39 is 0 Å². The summed E-state index contributed by atoms with van der Waals surface area (Å²) in [7, 11) is 3.70. The van der Waals surface area contributed by atoms with Gasteiger partial charge in [0.05, 0.1) is 18.9 Å². The molecule has 0 N–H and O–H groups in total. The Kier molecular flexibility index (Phi) is 4.96. The molecule has 4 nitrogen and oxygen atoms in total. The largest absolute Gasteiger partial charge is 0.497 e. The number of ether oxygens (including phenoxy) is 1. The molecule has 0 radical (unpaired) electrons. The first-order chi connectivity index (χ1) is 11.2. The maximum atomic E-state index is 12.7. The summed E-state index contributed by atoms with van der Waals surface area (Å²) in [6.07, 6.45) is 4.17. The number of aromatic nitrogens is 1. The van der Waals surface area contributed by atoms with E-state index in [1.807, 2.05) is 48.5 Å². The minimum absolute atomic E-state index is 0.210. The average Bonchev–Trinajstić information content (AvgIpc) is 3.21. The van der Waals surface area contributed by atoms with Crippen molar-refractivity contribution in [1.82, 2.24) is 9.47 Å². The van der Waals surface area contributed by atoms with E-state index in [0.29, 0.717) is 5.75 Å². The van der Waals surface area contributed by atoms with Gasteiger partial charge < -0.3 is 14.2 Å². The smallest absolute Gasteiger partial charge is 0.233 e. The standard InChI is InChI=1S/C18H22N2O2S/c1-19-10-4-8-16(19)17-9-5-11-20(17)18(21)13-23-15-7-3-6-14(12-15)22-2/h3-4,6-8,10,12,17H,5,9,11,13H2,1-2H3. The van der Waals surface area contributed by atoms with Crippen molar-refractivity contribution < 1.29 is 9.53 Å². The van der Waals surface area contributed by atoms with Crippen molar-refractivity contribution in [2.75, 3.05) is 19.4 Å². The number of amides is 1. The molecule has 1 unspecified atom stereocenters. The number of hydrogen-bond acceptors (Lipinski definition) is 3. The van der Waals surface area contributed by atoms with Gasteiger partial charge in [0.25, 0.3) is 0 Å². The fourth-order valence-electron chi connectivity index (χ4n) is 3.11. The zero-order chi connectivity index (χ0) is 16.2. The predicted molar refractivity (Wildman–Crippen MR) is 92.8 cm³/mol. The molecular formula is C18H22N2O2S. The minimum Gasteiger partial charge on any atom is -0.497 e. The number of nitrogens with zero attached hydrogens (tertiary/aromatic N) is 2. The van der Waals surface area contributed by atoms with Crippen molar-refractivity contribution in [3.8, 4) is 5.75 Å². The van der Waals surface area contributed by atoms with Gasteiger partial charge in [-0.25, -0.2) is 0 Å². The molecule has 1 aromatic heterocycles. The number of carbonyl (C=O) groups excluding carboxylic acids is 1. The Hall–Kier alpha value is -1.88. The van der Waals surface area contributed by atoms with Crippen molar-refractivity contribution in [1.29, 1.82) is 0 Å². The maximum Gasteiger partial charge on any atom is 0.233 e. The van der Waals surface area contributed by atoms with Crippen LogP contribution in [0.4, 0.5) is 0 Å². The van der Waals surface area contributed by atoms with E-state index >= 15 is 0 Å². The molecule has 5 heteroatoms. The number of methoxy groups -OCH3 is 1. The van der Waals surface area contributed by atoms with Crippen LogP contribution in [0.3, 0.4) is 0 Å². The molecule has 1 aromatic carbocycles. The van der Waals surface area contributed by atoms with Crippen LogP contribution in [0, 0.1) is 0 Å². The molecule has 1 aliphatic rings. The van der Waals surface area contributed by atoms with E-state index in [9.17, 15) is 4.79 Å². The van der Waals surface area contributed by atoms with E-state index in [2.05, 4.69) is 10.6 Å². The molecule has 0 spiro atoms. The van der Waals surface area contributed by atoms with E-state index in [1.54, 1.807) is 18.9 Å². The van der Waals surface area contributed by atoms with Crippen LogP contribution in [0.1, 0.15) is 24.6 Å². The fourth-order valence-corrected chi connectivity index (χ4v) is 3.94. The van der Waals surface area contributed by atoms with Gasteiger partial charge in [0.15, 0.2) is 0 Å². The summed E-state index contributed by atoms with van der Waals surface area (Å²) in [5, 5.41) is 0. The lowest BCUT2D eigenvalue weighted by Gasteiger charge is -2.25. The summed E-state index contributed by atoms with van der Waals surface area (Å²) in [6, 6.07) is 12.2. The molecule has 1 fully saturated rings. The van der Waals surface area contributed by atoms with Crippen LogP contribution in [-0.2, 0) is 11.8 Å². The Labute approximate surface area is 141 Å². The second-order valence-corrected chi connectivity index (χ2v) is 6.81. The third kappa shape index (κ3) is 3.55. The number of thioether (sulfide) groups is 1. The lowest BCUT2D eigenvalue weighted by molar-refractivity contribution is -0.129. The van der Waals surface area contributed by atoms with Crippen LogP contribution in [-0.4, -0.2) is 34.8 Å². The minimum atomic E-state index is 0.210. The molecule has 1 aliphatic heterocycles. The molecule has 0 bridgehead atoms. The van der Waals surface area contributed by atoms with Gasteiger partial charge in [0.1, 0.15) is 5.75 Å². The van der Waals surface area contributed by atoms with Gasteiger partial charge in [-0.3, -0.25) is 4.79 Å². The molecule has 3 rings (SSSR count). The maximum absolute atomic E-state index is 12.7. The second kappa shape index (κ2) is 7.13. The van der Waals surface area contributed by atoms with Crippen molar-refractivity contribution in [3.05, 3.63) is 48.3 Å². The number of aryl methyl sites for hydroxylation is 1. The van der Waals surface area contributed by atoms with Gasteiger partial charge >= 0.3 is 0 Å². The third-order valence-electron chi connectivity index (χ3n) is 4.30. The first-order valence-electron chi connectivity index (χ1n) is 7.86. The number of benzene rings is 1. The fraction of sp³-hybridized carbons (Fsp3) is 0.389. The summed E-state index contributed by atoms with van der Waals surface area (Å²) < 4.78 is 7.35. The van der Waals surface area contributed by atoms with Crippen LogP contribution in [0.2, 0.25) is 0 Å². The molecule has 2 aromatic rings. The summed E-state index contributed by atoms with van der Waals surface area (Å²) in [5.74, 6) is 1.50. The Bertz CT molecular complexity index is 683. The van der Waals surface area contributed by atoms with Gasteiger partial charge in [-0.05, 0) is 43.2 Å². The highest BCUT2D eigenvalue weighted by Crippen LogP contribution is 2.33. The van der Waals surface area contributed by atoms with E-state index in [1.165, 1.54) is 5.69 Å². The van der Waals surface area contributed by atoms with Crippen molar-refractivity contribution in [2.45, 2.75) is 23.8 Å². The second-order valence-electron chi connectivity index (χ2n) is 5.76. The first kappa shape index (κ1) is 16.0. The SMILES string of the molecule is COc1cccc(SCC(=O)N2CCCC2c2cccn2C)c1. The van der Waals surface area contributed by atoms with Gasteiger partial charge in [0.2, 0.25) is 5.91 Å². The van der Waals surface area contributed by atoms with Crippen molar-refractivity contribution >= 4 is 17.7 Å². The first-order valence-corrected chi connectivity index (χ1v) is 8.85. The molecule has 23 heavy (non-hydrogen) atoms. The van der Waals surface area contributed by atoms with Gasteiger partial charge in [0, 0.05) is 30.4 Å². The predicted octanol–water partition coefficient (Wildman–Crippen LogP) is 3.49. The molecule has 0 aliphatic carbocycles. The Morgan fingerprint density at radius 1 is 1.35 bits per heavy atom. The third-order valence-corrected chi connectivity index (χ3v) is 5.28. The molecule has 2 heterocycles. The van der Waals surface area contributed by atoms with E-state index in [4.69, 9.17) is 4.74 Å². The van der Waals surface area contributed by atoms with Crippen molar-refractivity contribution in [3.63, 3.8) is 0 Å². The zero-order valence-corrected chi connectivity index (χ0v) is 14.4. The van der Waals surface area contributed by atoms with Crippen molar-refractivity contribution in [2.24, 2.45) is 7.05 Å². The van der Waals surface area contributed by atoms with E-state index in [0.717, 1.165) is 30.0 Å². The van der Waals surface area contributed by atoms with Crippen LogP contribution in [0.25, 0.3) is 0 Å². The van der Waals surface area contributed by atoms with Crippen LogP contribution < -0.4 is 4.74 Å². The Balaban J connectivity index is 1.64. The van der Waals surface area contributed by atoms with Gasteiger partial charge in [-0.2, -0.15) is 0 Å². The highest BCUT2D eigenvalue weighted by Gasteiger charge is 2.30. The summed E-state index contributed by atoms with van der Waals surface area (Å²) in [5.41, 5.74) is 1.22. The van der Waals surface area contributed by atoms with Crippen LogP contribution in [0.15, 0.2) is 47.5 Å². The lowest BCUT2D eigenvalue weighted by atomic mass is 10.1. The Morgan fingerprint density at radius 2 is 2.22 bits per heavy atom. The molecular weight excluding hydrogens is 308 g/mol. The quantitative estimate of drug-likeness (QED) is 0.787. The normalized spacial score (nSPS) is 17.5. The zero-order valence-electron chi connectivity index (χ0n) is 13.6. The Morgan fingerprint density at radius 3 is 2.96 bits per heavy atom. The number of carbonyl (C=O) groups is 1. The summed E-state index contributed by atoms with van der Waals surface area (Å²) in [6.45, 7) is 0.855. The topological polar surface area (TPSA) is 34.5 Å². The molecule has 1 amide bonds. The highest BCUT2D eigenvalue weighted by molar-refractivity contribution is 8.00. The summed E-state index contributed by atoms with van der Waals surface area (Å²) >= 11 is 1.57. The number of hydrogen-bond donors (Lipinski definition) is 0. The summed E-state index contributed by atoms with van der Waals surface area (Å²) in [4.78, 5) is 15.7. The highest BCUT2D eigenvalue weighted by atomic mass is 32.2. The molecule has 1 saturated heterocycles. The van der Waals surface area contributed by atoms with Gasteiger partial charge in [-0.1, -0.05) is 6.07 Å². The van der Waals surface area contributed by atoms with Crippen LogP contribution in [0.5, 0.6) is 5.75 Å². The number of likely N-dealkylation sites (tertiary alicyclic amines) is 1. The monoisotopic (exact) mass is 330 g/mol. The van der Waals surface area contributed by atoms with Gasteiger partial charge in [-0.15, -0.1) is 11.8 Å².